The van der Waals surface area contributed by atoms with E-state index in [0.717, 1.165) is 23.8 Å². The first-order valence-electron chi connectivity index (χ1n) is 6.30. The zero-order valence-electron chi connectivity index (χ0n) is 11.0. The van der Waals surface area contributed by atoms with Crippen LogP contribution in [0.2, 0.25) is 5.02 Å². The first-order chi connectivity index (χ1) is 9.20. The monoisotopic (exact) mass is 275 g/mol. The second kappa shape index (κ2) is 6.55. The molecule has 0 aliphatic carbocycles. The maximum absolute atomic E-state index is 5.89. The number of nitrogens with zero attached hydrogens (tertiary/aromatic N) is 2. The van der Waals surface area contributed by atoms with E-state index in [1.807, 2.05) is 43.6 Å². The average Bonchev–Trinajstić information content (AvgIpc) is 2.42. The summed E-state index contributed by atoms with van der Waals surface area (Å²) in [7, 11) is 2.04. The van der Waals surface area contributed by atoms with E-state index in [1.54, 1.807) is 0 Å². The van der Waals surface area contributed by atoms with Gasteiger partial charge in [-0.05, 0) is 42.3 Å². The molecular formula is C15H18ClN3. The molecule has 0 fully saturated rings. The van der Waals surface area contributed by atoms with E-state index in [4.69, 9.17) is 17.3 Å². The van der Waals surface area contributed by atoms with Crippen molar-refractivity contribution >= 4 is 17.4 Å². The summed E-state index contributed by atoms with van der Waals surface area (Å²) in [6, 6.07) is 11.9. The van der Waals surface area contributed by atoms with Gasteiger partial charge in [0.2, 0.25) is 0 Å². The molecule has 0 aliphatic heterocycles. The molecule has 2 rings (SSSR count). The Bertz CT molecular complexity index is 525. The first kappa shape index (κ1) is 13.8. The molecule has 0 atom stereocenters. The second-order valence-corrected chi connectivity index (χ2v) is 4.94. The molecule has 0 bridgehead atoms. The van der Waals surface area contributed by atoms with Gasteiger partial charge in [-0.15, -0.1) is 0 Å². The van der Waals surface area contributed by atoms with E-state index in [1.165, 1.54) is 11.1 Å². The lowest BCUT2D eigenvalue weighted by molar-refractivity contribution is 0.867. The third-order valence-electron chi connectivity index (χ3n) is 2.98. The van der Waals surface area contributed by atoms with Crippen LogP contribution in [-0.2, 0) is 13.0 Å². The number of rotatable bonds is 5. The fourth-order valence-corrected chi connectivity index (χ4v) is 2.19. The summed E-state index contributed by atoms with van der Waals surface area (Å²) in [5, 5.41) is 0.757. The topological polar surface area (TPSA) is 42.2 Å². The summed E-state index contributed by atoms with van der Waals surface area (Å²) in [6.07, 6.45) is 2.65. The van der Waals surface area contributed by atoms with Gasteiger partial charge in [0.1, 0.15) is 5.82 Å². The summed E-state index contributed by atoms with van der Waals surface area (Å²) >= 11 is 5.89. The minimum atomic E-state index is 0.632. The van der Waals surface area contributed by atoms with Crippen molar-refractivity contribution in [2.45, 2.75) is 13.0 Å². The lowest BCUT2D eigenvalue weighted by atomic mass is 10.1. The molecule has 3 nitrogen and oxygen atoms in total. The Kier molecular flexibility index (Phi) is 4.77. The molecule has 1 heterocycles. The van der Waals surface area contributed by atoms with E-state index in [-0.39, 0.29) is 0 Å². The largest absolute Gasteiger partial charge is 0.355 e. The van der Waals surface area contributed by atoms with Gasteiger partial charge in [0.25, 0.3) is 0 Å². The Hall–Kier alpha value is -1.58. The van der Waals surface area contributed by atoms with Crippen LogP contribution in [0.1, 0.15) is 11.1 Å². The van der Waals surface area contributed by atoms with Gasteiger partial charge in [-0.2, -0.15) is 0 Å². The molecule has 0 aliphatic rings. The van der Waals surface area contributed by atoms with Gasteiger partial charge in [-0.25, -0.2) is 4.98 Å². The van der Waals surface area contributed by atoms with E-state index in [2.05, 4.69) is 16.0 Å². The summed E-state index contributed by atoms with van der Waals surface area (Å²) < 4.78 is 0. The predicted octanol–water partition coefficient (Wildman–Crippen LogP) is 2.87. The van der Waals surface area contributed by atoms with Crippen molar-refractivity contribution in [2.24, 2.45) is 5.73 Å². The van der Waals surface area contributed by atoms with Gasteiger partial charge < -0.3 is 10.6 Å². The number of hydrogen-bond acceptors (Lipinski definition) is 3. The van der Waals surface area contributed by atoms with E-state index >= 15 is 0 Å². The highest BCUT2D eigenvalue weighted by Crippen LogP contribution is 2.19. The fraction of sp³-hybridized carbons (Fsp3) is 0.267. The zero-order valence-corrected chi connectivity index (χ0v) is 11.8. The number of anilines is 1. The molecule has 0 spiro atoms. The highest BCUT2D eigenvalue weighted by Gasteiger charge is 2.08. The Morgan fingerprint density at radius 1 is 1.21 bits per heavy atom. The standard InChI is InChI=1S/C15H18ClN3/c1-19(11-12-4-6-14(16)7-5-12)15-13(8-9-17)3-2-10-18-15/h2-7,10H,8-9,11,17H2,1H3. The van der Waals surface area contributed by atoms with Crippen molar-refractivity contribution < 1.29 is 0 Å². The Labute approximate surface area is 119 Å². The van der Waals surface area contributed by atoms with Crippen molar-refractivity contribution in [1.82, 2.24) is 4.98 Å². The van der Waals surface area contributed by atoms with Gasteiger partial charge in [-0.1, -0.05) is 29.8 Å². The summed E-state index contributed by atoms with van der Waals surface area (Å²) in [5.74, 6) is 0.989. The summed E-state index contributed by atoms with van der Waals surface area (Å²) in [5.41, 5.74) is 8.02. The molecule has 1 aromatic heterocycles. The normalized spacial score (nSPS) is 10.5. The van der Waals surface area contributed by atoms with Gasteiger partial charge in [0.05, 0.1) is 0 Å². The molecule has 0 saturated heterocycles. The molecule has 0 amide bonds. The first-order valence-corrected chi connectivity index (χ1v) is 6.68. The predicted molar refractivity (Wildman–Crippen MR) is 80.6 cm³/mol. The number of aromatic nitrogens is 1. The minimum Gasteiger partial charge on any atom is -0.355 e. The van der Waals surface area contributed by atoms with Crippen LogP contribution in [0.5, 0.6) is 0 Å². The van der Waals surface area contributed by atoms with Crippen molar-refractivity contribution in [2.75, 3.05) is 18.5 Å². The summed E-state index contributed by atoms with van der Waals surface area (Å²) in [4.78, 5) is 6.59. The van der Waals surface area contributed by atoms with Crippen molar-refractivity contribution in [3.05, 3.63) is 58.7 Å². The van der Waals surface area contributed by atoms with Crippen LogP contribution >= 0.6 is 11.6 Å². The highest BCUT2D eigenvalue weighted by atomic mass is 35.5. The highest BCUT2D eigenvalue weighted by molar-refractivity contribution is 6.30. The van der Waals surface area contributed by atoms with Gasteiger partial charge in [0.15, 0.2) is 0 Å². The third kappa shape index (κ3) is 3.69. The van der Waals surface area contributed by atoms with Crippen LogP contribution in [0.15, 0.2) is 42.6 Å². The second-order valence-electron chi connectivity index (χ2n) is 4.51. The fourth-order valence-electron chi connectivity index (χ4n) is 2.06. The number of hydrogen-bond donors (Lipinski definition) is 1. The number of pyridine rings is 1. The Balaban J connectivity index is 2.15. The average molecular weight is 276 g/mol. The lowest BCUT2D eigenvalue weighted by Crippen LogP contribution is -2.20. The lowest BCUT2D eigenvalue weighted by Gasteiger charge is -2.21. The quantitative estimate of drug-likeness (QED) is 0.912. The van der Waals surface area contributed by atoms with Gasteiger partial charge in [-0.3, -0.25) is 0 Å². The molecule has 0 saturated carbocycles. The van der Waals surface area contributed by atoms with Crippen LogP contribution in [0.4, 0.5) is 5.82 Å². The van der Waals surface area contributed by atoms with Gasteiger partial charge >= 0.3 is 0 Å². The van der Waals surface area contributed by atoms with E-state index in [9.17, 15) is 0 Å². The molecule has 100 valence electrons. The molecule has 19 heavy (non-hydrogen) atoms. The van der Waals surface area contributed by atoms with Crippen LogP contribution in [0.3, 0.4) is 0 Å². The zero-order chi connectivity index (χ0) is 13.7. The molecule has 2 N–H and O–H groups in total. The van der Waals surface area contributed by atoms with Gasteiger partial charge in [0, 0.05) is 24.8 Å². The van der Waals surface area contributed by atoms with E-state index in [0.29, 0.717) is 6.54 Å². The smallest absolute Gasteiger partial charge is 0.131 e. The van der Waals surface area contributed by atoms with Crippen LogP contribution in [0, 0.1) is 0 Å². The van der Waals surface area contributed by atoms with E-state index < -0.39 is 0 Å². The minimum absolute atomic E-state index is 0.632. The van der Waals surface area contributed by atoms with Crippen molar-refractivity contribution in [3.63, 3.8) is 0 Å². The molecule has 0 radical (unpaired) electrons. The maximum atomic E-state index is 5.89. The summed E-state index contributed by atoms with van der Waals surface area (Å²) in [6.45, 7) is 1.43. The SMILES string of the molecule is CN(Cc1ccc(Cl)cc1)c1ncccc1CCN. The molecule has 4 heteroatoms. The Morgan fingerprint density at radius 2 is 1.95 bits per heavy atom. The molecule has 2 aromatic rings. The molecular weight excluding hydrogens is 258 g/mol. The molecule has 1 aromatic carbocycles. The number of benzene rings is 1. The number of halogens is 1. The Morgan fingerprint density at radius 3 is 2.63 bits per heavy atom. The third-order valence-corrected chi connectivity index (χ3v) is 3.23. The maximum Gasteiger partial charge on any atom is 0.131 e. The van der Waals surface area contributed by atoms with Crippen molar-refractivity contribution in [1.29, 1.82) is 0 Å². The van der Waals surface area contributed by atoms with Crippen LogP contribution in [-0.4, -0.2) is 18.6 Å². The number of nitrogens with two attached hydrogens (primary N) is 1. The van der Waals surface area contributed by atoms with Crippen LogP contribution in [0.25, 0.3) is 0 Å². The molecule has 0 unspecified atom stereocenters. The van der Waals surface area contributed by atoms with Crippen molar-refractivity contribution in [3.8, 4) is 0 Å². The van der Waals surface area contributed by atoms with Crippen LogP contribution < -0.4 is 10.6 Å².